The minimum atomic E-state index is 0.743. The SMILES string of the molecule is COc1cccn2ccc(-c3cnco3)c12. The zero-order valence-electron chi connectivity index (χ0n) is 8.75. The van der Waals surface area contributed by atoms with E-state index in [2.05, 4.69) is 4.98 Å². The summed E-state index contributed by atoms with van der Waals surface area (Å²) in [6.45, 7) is 0. The lowest BCUT2D eigenvalue weighted by Gasteiger charge is -2.04. The fraction of sp³-hybridized carbons (Fsp3) is 0.0833. The molecule has 0 aliphatic carbocycles. The summed E-state index contributed by atoms with van der Waals surface area (Å²) < 4.78 is 12.6. The second kappa shape index (κ2) is 3.41. The van der Waals surface area contributed by atoms with Gasteiger partial charge >= 0.3 is 0 Å². The molecule has 16 heavy (non-hydrogen) atoms. The zero-order chi connectivity index (χ0) is 11.0. The topological polar surface area (TPSA) is 39.7 Å². The number of hydrogen-bond acceptors (Lipinski definition) is 3. The van der Waals surface area contributed by atoms with Crippen molar-refractivity contribution in [2.45, 2.75) is 0 Å². The Morgan fingerprint density at radius 1 is 1.31 bits per heavy atom. The standard InChI is InChI=1S/C12H10N2O2/c1-15-10-3-2-5-14-6-4-9(12(10)14)11-7-13-8-16-11/h2-8H,1H3. The molecule has 3 aromatic heterocycles. The summed E-state index contributed by atoms with van der Waals surface area (Å²) in [7, 11) is 1.66. The van der Waals surface area contributed by atoms with Crippen molar-refractivity contribution in [3.05, 3.63) is 43.2 Å². The van der Waals surface area contributed by atoms with Crippen LogP contribution in [0.2, 0.25) is 0 Å². The minimum absolute atomic E-state index is 0.743. The number of nitrogens with zero attached hydrogens (tertiary/aromatic N) is 2. The molecule has 0 spiro atoms. The first-order chi connectivity index (χ1) is 7.90. The van der Waals surface area contributed by atoms with E-state index < -0.39 is 0 Å². The predicted molar refractivity (Wildman–Crippen MR) is 59.4 cm³/mol. The van der Waals surface area contributed by atoms with Gasteiger partial charge in [-0.3, -0.25) is 0 Å². The first kappa shape index (κ1) is 9.03. The maximum absolute atomic E-state index is 5.34. The van der Waals surface area contributed by atoms with Gasteiger partial charge in [-0.25, -0.2) is 4.98 Å². The van der Waals surface area contributed by atoms with Crippen molar-refractivity contribution in [3.63, 3.8) is 0 Å². The molecule has 0 fully saturated rings. The average Bonchev–Trinajstić information content (AvgIpc) is 2.96. The predicted octanol–water partition coefficient (Wildman–Crippen LogP) is 2.60. The monoisotopic (exact) mass is 214 g/mol. The van der Waals surface area contributed by atoms with Crippen molar-refractivity contribution in [2.75, 3.05) is 7.11 Å². The van der Waals surface area contributed by atoms with Gasteiger partial charge in [0.2, 0.25) is 0 Å². The maximum Gasteiger partial charge on any atom is 0.181 e. The first-order valence-corrected chi connectivity index (χ1v) is 4.92. The summed E-state index contributed by atoms with van der Waals surface area (Å²) in [5.74, 6) is 1.56. The van der Waals surface area contributed by atoms with E-state index in [1.165, 1.54) is 6.39 Å². The molecule has 0 amide bonds. The summed E-state index contributed by atoms with van der Waals surface area (Å²) in [5.41, 5.74) is 1.97. The maximum atomic E-state index is 5.34. The second-order valence-electron chi connectivity index (χ2n) is 3.43. The molecule has 0 aromatic carbocycles. The smallest absolute Gasteiger partial charge is 0.181 e. The Labute approximate surface area is 92.1 Å². The molecule has 0 atom stereocenters. The number of methoxy groups -OCH3 is 1. The molecule has 0 aliphatic rings. The summed E-state index contributed by atoms with van der Waals surface area (Å²) >= 11 is 0. The number of fused-ring (bicyclic) bond motifs is 1. The van der Waals surface area contributed by atoms with Crippen molar-refractivity contribution in [2.24, 2.45) is 0 Å². The Kier molecular flexibility index (Phi) is 1.93. The van der Waals surface area contributed by atoms with Crippen LogP contribution in [0.25, 0.3) is 16.8 Å². The van der Waals surface area contributed by atoms with Crippen LogP contribution in [-0.4, -0.2) is 16.5 Å². The van der Waals surface area contributed by atoms with E-state index in [4.69, 9.17) is 9.15 Å². The molecule has 80 valence electrons. The highest BCUT2D eigenvalue weighted by Crippen LogP contribution is 2.31. The van der Waals surface area contributed by atoms with E-state index in [9.17, 15) is 0 Å². The van der Waals surface area contributed by atoms with Gasteiger partial charge in [-0.1, -0.05) is 0 Å². The molecule has 0 bridgehead atoms. The Morgan fingerprint density at radius 2 is 2.25 bits per heavy atom. The Balaban J connectivity index is 2.34. The van der Waals surface area contributed by atoms with E-state index in [1.54, 1.807) is 13.3 Å². The molecule has 3 rings (SSSR count). The van der Waals surface area contributed by atoms with Crippen molar-refractivity contribution >= 4 is 5.52 Å². The molecule has 0 N–H and O–H groups in total. The normalized spacial score (nSPS) is 10.8. The van der Waals surface area contributed by atoms with Crippen molar-refractivity contribution in [1.82, 2.24) is 9.38 Å². The van der Waals surface area contributed by atoms with Crippen LogP contribution >= 0.6 is 0 Å². The first-order valence-electron chi connectivity index (χ1n) is 4.92. The third kappa shape index (κ3) is 1.20. The van der Waals surface area contributed by atoms with Crippen molar-refractivity contribution in [1.29, 1.82) is 0 Å². The van der Waals surface area contributed by atoms with Crippen LogP contribution in [0.4, 0.5) is 0 Å². The molecule has 0 unspecified atom stereocenters. The lowest BCUT2D eigenvalue weighted by atomic mass is 10.2. The van der Waals surface area contributed by atoms with Gasteiger partial charge in [0.1, 0.15) is 5.75 Å². The Hall–Kier alpha value is -2.23. The van der Waals surface area contributed by atoms with Crippen LogP contribution in [0.3, 0.4) is 0 Å². The van der Waals surface area contributed by atoms with Gasteiger partial charge < -0.3 is 13.6 Å². The van der Waals surface area contributed by atoms with Crippen molar-refractivity contribution < 1.29 is 9.15 Å². The van der Waals surface area contributed by atoms with Crippen LogP contribution < -0.4 is 4.74 Å². The van der Waals surface area contributed by atoms with Gasteiger partial charge in [0.05, 0.1) is 18.8 Å². The lowest BCUT2D eigenvalue weighted by Crippen LogP contribution is -1.88. The molecule has 0 aliphatic heterocycles. The van der Waals surface area contributed by atoms with Gasteiger partial charge in [0.15, 0.2) is 12.2 Å². The third-order valence-corrected chi connectivity index (χ3v) is 2.56. The molecule has 3 heterocycles. The zero-order valence-corrected chi connectivity index (χ0v) is 8.75. The molecular weight excluding hydrogens is 204 g/mol. The van der Waals surface area contributed by atoms with Gasteiger partial charge in [-0.2, -0.15) is 0 Å². The minimum Gasteiger partial charge on any atom is -0.495 e. The highest BCUT2D eigenvalue weighted by molar-refractivity contribution is 5.82. The summed E-state index contributed by atoms with van der Waals surface area (Å²) in [6, 6.07) is 5.85. The fourth-order valence-corrected chi connectivity index (χ4v) is 1.85. The Bertz CT molecular complexity index is 611. The quantitative estimate of drug-likeness (QED) is 0.658. The molecule has 0 radical (unpaired) electrons. The van der Waals surface area contributed by atoms with Crippen LogP contribution in [0.15, 0.2) is 47.6 Å². The van der Waals surface area contributed by atoms with Crippen LogP contribution in [-0.2, 0) is 0 Å². The number of hydrogen-bond donors (Lipinski definition) is 0. The highest BCUT2D eigenvalue weighted by atomic mass is 16.5. The van der Waals surface area contributed by atoms with E-state index in [-0.39, 0.29) is 0 Å². The van der Waals surface area contributed by atoms with E-state index in [0.717, 1.165) is 22.6 Å². The number of ether oxygens (including phenoxy) is 1. The van der Waals surface area contributed by atoms with E-state index in [0.29, 0.717) is 0 Å². The fourth-order valence-electron chi connectivity index (χ4n) is 1.85. The second-order valence-corrected chi connectivity index (χ2v) is 3.43. The van der Waals surface area contributed by atoms with E-state index >= 15 is 0 Å². The summed E-state index contributed by atoms with van der Waals surface area (Å²) in [6.07, 6.45) is 7.06. The highest BCUT2D eigenvalue weighted by Gasteiger charge is 2.11. The Morgan fingerprint density at radius 3 is 3.00 bits per heavy atom. The van der Waals surface area contributed by atoms with Crippen molar-refractivity contribution in [3.8, 4) is 17.1 Å². The van der Waals surface area contributed by atoms with Gasteiger partial charge in [-0.15, -0.1) is 0 Å². The number of pyridine rings is 1. The average molecular weight is 214 g/mol. The van der Waals surface area contributed by atoms with Crippen LogP contribution in [0, 0.1) is 0 Å². The molecule has 0 saturated carbocycles. The summed E-state index contributed by atoms with van der Waals surface area (Å²) in [5, 5.41) is 0. The number of rotatable bonds is 2. The van der Waals surface area contributed by atoms with Gasteiger partial charge in [-0.05, 0) is 18.2 Å². The van der Waals surface area contributed by atoms with Crippen LogP contribution in [0.1, 0.15) is 0 Å². The molecular formula is C12H10N2O2. The number of oxazole rings is 1. The molecule has 0 saturated heterocycles. The van der Waals surface area contributed by atoms with Gasteiger partial charge in [0.25, 0.3) is 0 Å². The lowest BCUT2D eigenvalue weighted by molar-refractivity contribution is 0.418. The largest absolute Gasteiger partial charge is 0.495 e. The molecule has 4 nitrogen and oxygen atoms in total. The van der Waals surface area contributed by atoms with E-state index in [1.807, 2.05) is 35.0 Å². The number of aromatic nitrogens is 2. The van der Waals surface area contributed by atoms with Crippen LogP contribution in [0.5, 0.6) is 5.75 Å². The molecule has 3 aromatic rings. The molecule has 4 heteroatoms. The summed E-state index contributed by atoms with van der Waals surface area (Å²) in [4.78, 5) is 3.92. The third-order valence-electron chi connectivity index (χ3n) is 2.56. The van der Waals surface area contributed by atoms with Gasteiger partial charge in [0, 0.05) is 18.0 Å².